The first-order chi connectivity index (χ1) is 8.22. The SMILES string of the molecule is CCC1CCCN1CC(=O)c1ccccc1Cl. The number of ketones is 1. The summed E-state index contributed by atoms with van der Waals surface area (Å²) in [6, 6.07) is 7.86. The van der Waals surface area contributed by atoms with E-state index in [1.54, 1.807) is 6.07 Å². The molecule has 3 heteroatoms. The maximum absolute atomic E-state index is 12.2. The molecule has 2 rings (SSSR count). The Labute approximate surface area is 108 Å². The molecule has 1 fully saturated rings. The van der Waals surface area contributed by atoms with Gasteiger partial charge >= 0.3 is 0 Å². The number of carbonyl (C=O) groups is 1. The van der Waals surface area contributed by atoms with E-state index in [9.17, 15) is 4.79 Å². The van der Waals surface area contributed by atoms with Crippen LogP contribution >= 0.6 is 11.6 Å². The van der Waals surface area contributed by atoms with Crippen LogP contribution in [0.1, 0.15) is 36.5 Å². The molecule has 1 unspecified atom stereocenters. The van der Waals surface area contributed by atoms with Crippen molar-refractivity contribution in [3.8, 4) is 0 Å². The average Bonchev–Trinajstić information content (AvgIpc) is 2.76. The van der Waals surface area contributed by atoms with Crippen LogP contribution in [0.15, 0.2) is 24.3 Å². The van der Waals surface area contributed by atoms with Crippen molar-refractivity contribution < 1.29 is 4.79 Å². The molecule has 17 heavy (non-hydrogen) atoms. The number of nitrogens with zero attached hydrogens (tertiary/aromatic N) is 1. The minimum atomic E-state index is 0.135. The molecule has 1 atom stereocenters. The van der Waals surface area contributed by atoms with Crippen molar-refractivity contribution >= 4 is 17.4 Å². The Morgan fingerprint density at radius 3 is 2.94 bits per heavy atom. The van der Waals surface area contributed by atoms with Crippen LogP contribution in [0.3, 0.4) is 0 Å². The van der Waals surface area contributed by atoms with Gasteiger partial charge in [-0.25, -0.2) is 0 Å². The number of halogens is 1. The van der Waals surface area contributed by atoms with Crippen LogP contribution in [0.5, 0.6) is 0 Å². The van der Waals surface area contributed by atoms with Crippen molar-refractivity contribution in [3.05, 3.63) is 34.9 Å². The van der Waals surface area contributed by atoms with Gasteiger partial charge in [-0.05, 0) is 37.9 Å². The summed E-state index contributed by atoms with van der Waals surface area (Å²) in [5.74, 6) is 0.135. The van der Waals surface area contributed by atoms with Gasteiger partial charge in [-0.1, -0.05) is 30.7 Å². The molecule has 0 amide bonds. The number of rotatable bonds is 4. The highest BCUT2D eigenvalue weighted by Crippen LogP contribution is 2.21. The highest BCUT2D eigenvalue weighted by molar-refractivity contribution is 6.34. The molecule has 0 aliphatic carbocycles. The third-order valence-electron chi connectivity index (χ3n) is 3.49. The maximum atomic E-state index is 12.2. The fourth-order valence-corrected chi connectivity index (χ4v) is 2.76. The van der Waals surface area contributed by atoms with Crippen molar-refractivity contribution in [2.24, 2.45) is 0 Å². The molecule has 1 aromatic carbocycles. The average molecular weight is 252 g/mol. The smallest absolute Gasteiger partial charge is 0.178 e. The Balaban J connectivity index is 2.04. The summed E-state index contributed by atoms with van der Waals surface area (Å²) in [6.07, 6.45) is 3.54. The molecule has 0 aromatic heterocycles. The van der Waals surface area contributed by atoms with Gasteiger partial charge in [-0.3, -0.25) is 9.69 Å². The summed E-state index contributed by atoms with van der Waals surface area (Å²) in [5, 5.41) is 0.560. The molecule has 92 valence electrons. The normalized spacial score (nSPS) is 20.7. The lowest BCUT2D eigenvalue weighted by molar-refractivity contribution is 0.0920. The van der Waals surface area contributed by atoms with E-state index in [0.29, 0.717) is 23.2 Å². The Kier molecular flexibility index (Phi) is 4.19. The number of Topliss-reactive ketones (excluding diaryl/α,β-unsaturated/α-hetero) is 1. The Hall–Kier alpha value is -0.860. The molecule has 0 spiro atoms. The second-order valence-electron chi connectivity index (χ2n) is 4.58. The predicted molar refractivity (Wildman–Crippen MR) is 70.7 cm³/mol. The van der Waals surface area contributed by atoms with E-state index in [4.69, 9.17) is 11.6 Å². The zero-order valence-corrected chi connectivity index (χ0v) is 10.9. The lowest BCUT2D eigenvalue weighted by atomic mass is 10.1. The van der Waals surface area contributed by atoms with Gasteiger partial charge < -0.3 is 0 Å². The van der Waals surface area contributed by atoms with E-state index in [1.807, 2.05) is 18.2 Å². The minimum Gasteiger partial charge on any atom is -0.293 e. The van der Waals surface area contributed by atoms with Crippen LogP contribution in [0.4, 0.5) is 0 Å². The van der Waals surface area contributed by atoms with Crippen molar-refractivity contribution in [1.82, 2.24) is 4.90 Å². The summed E-state index contributed by atoms with van der Waals surface area (Å²) in [5.41, 5.74) is 0.649. The number of hydrogen-bond donors (Lipinski definition) is 0. The molecule has 0 bridgehead atoms. The molecular formula is C14H18ClNO. The molecule has 1 aromatic rings. The summed E-state index contributed by atoms with van der Waals surface area (Å²) >= 11 is 6.04. The molecule has 0 radical (unpaired) electrons. The molecule has 1 heterocycles. The zero-order valence-electron chi connectivity index (χ0n) is 10.2. The van der Waals surface area contributed by atoms with Crippen LogP contribution < -0.4 is 0 Å². The fraction of sp³-hybridized carbons (Fsp3) is 0.500. The Morgan fingerprint density at radius 1 is 1.47 bits per heavy atom. The van der Waals surface area contributed by atoms with Gasteiger partial charge in [0.25, 0.3) is 0 Å². The highest BCUT2D eigenvalue weighted by Gasteiger charge is 2.25. The number of hydrogen-bond acceptors (Lipinski definition) is 2. The maximum Gasteiger partial charge on any atom is 0.178 e. The second kappa shape index (κ2) is 5.65. The zero-order chi connectivity index (χ0) is 12.3. The first-order valence-electron chi connectivity index (χ1n) is 6.24. The fourth-order valence-electron chi connectivity index (χ4n) is 2.52. The Bertz CT molecular complexity index is 405. The molecule has 1 saturated heterocycles. The van der Waals surface area contributed by atoms with E-state index < -0.39 is 0 Å². The summed E-state index contributed by atoms with van der Waals surface area (Å²) in [4.78, 5) is 14.4. The molecule has 1 aliphatic heterocycles. The lowest BCUT2D eigenvalue weighted by Crippen LogP contribution is -2.34. The van der Waals surface area contributed by atoms with Crippen molar-refractivity contribution in [2.75, 3.05) is 13.1 Å². The number of carbonyl (C=O) groups excluding carboxylic acids is 1. The predicted octanol–water partition coefficient (Wildman–Crippen LogP) is 3.40. The highest BCUT2D eigenvalue weighted by atomic mass is 35.5. The van der Waals surface area contributed by atoms with Gasteiger partial charge in [0.1, 0.15) is 0 Å². The van der Waals surface area contributed by atoms with Crippen LogP contribution in [0.2, 0.25) is 5.02 Å². The third-order valence-corrected chi connectivity index (χ3v) is 3.82. The van der Waals surface area contributed by atoms with Crippen LogP contribution in [0, 0.1) is 0 Å². The standard InChI is InChI=1S/C14H18ClNO/c1-2-11-6-5-9-16(11)10-14(17)12-7-3-4-8-13(12)15/h3-4,7-8,11H,2,5-6,9-10H2,1H3. The van der Waals surface area contributed by atoms with E-state index in [0.717, 1.165) is 13.0 Å². The van der Waals surface area contributed by atoms with E-state index in [2.05, 4.69) is 11.8 Å². The summed E-state index contributed by atoms with van der Waals surface area (Å²) < 4.78 is 0. The molecule has 0 N–H and O–H groups in total. The molecule has 0 saturated carbocycles. The van der Waals surface area contributed by atoms with Gasteiger partial charge in [0.05, 0.1) is 11.6 Å². The van der Waals surface area contributed by atoms with Crippen molar-refractivity contribution in [3.63, 3.8) is 0 Å². The van der Waals surface area contributed by atoms with E-state index >= 15 is 0 Å². The van der Waals surface area contributed by atoms with E-state index in [-0.39, 0.29) is 5.78 Å². The van der Waals surface area contributed by atoms with E-state index in [1.165, 1.54) is 12.8 Å². The first kappa shape index (κ1) is 12.6. The molecule has 1 aliphatic rings. The van der Waals surface area contributed by atoms with Crippen molar-refractivity contribution in [2.45, 2.75) is 32.2 Å². The Morgan fingerprint density at radius 2 is 2.24 bits per heavy atom. The third kappa shape index (κ3) is 2.88. The topological polar surface area (TPSA) is 20.3 Å². The molecular weight excluding hydrogens is 234 g/mol. The quantitative estimate of drug-likeness (QED) is 0.765. The minimum absolute atomic E-state index is 0.135. The number of likely N-dealkylation sites (tertiary alicyclic amines) is 1. The summed E-state index contributed by atoms with van der Waals surface area (Å²) in [6.45, 7) is 3.72. The van der Waals surface area contributed by atoms with Crippen LogP contribution in [0.25, 0.3) is 0 Å². The van der Waals surface area contributed by atoms with Gasteiger partial charge in [0.2, 0.25) is 0 Å². The molecule has 2 nitrogen and oxygen atoms in total. The first-order valence-corrected chi connectivity index (χ1v) is 6.62. The van der Waals surface area contributed by atoms with Gasteiger partial charge in [-0.2, -0.15) is 0 Å². The van der Waals surface area contributed by atoms with Crippen molar-refractivity contribution in [1.29, 1.82) is 0 Å². The van der Waals surface area contributed by atoms with Gasteiger partial charge in [0.15, 0.2) is 5.78 Å². The van der Waals surface area contributed by atoms with Crippen LogP contribution in [-0.4, -0.2) is 29.8 Å². The largest absolute Gasteiger partial charge is 0.293 e. The van der Waals surface area contributed by atoms with Gasteiger partial charge in [-0.15, -0.1) is 0 Å². The summed E-state index contributed by atoms with van der Waals surface area (Å²) in [7, 11) is 0. The van der Waals surface area contributed by atoms with Gasteiger partial charge in [0, 0.05) is 11.6 Å². The second-order valence-corrected chi connectivity index (χ2v) is 4.98. The number of benzene rings is 1. The lowest BCUT2D eigenvalue weighted by Gasteiger charge is -2.22. The monoisotopic (exact) mass is 251 g/mol. The van der Waals surface area contributed by atoms with Crippen LogP contribution in [-0.2, 0) is 0 Å².